The van der Waals surface area contributed by atoms with Crippen molar-refractivity contribution in [1.82, 2.24) is 5.32 Å². The van der Waals surface area contributed by atoms with Crippen molar-refractivity contribution in [2.45, 2.75) is 27.2 Å². The van der Waals surface area contributed by atoms with Gasteiger partial charge in [0.1, 0.15) is 0 Å². The van der Waals surface area contributed by atoms with Crippen LogP contribution in [0.1, 0.15) is 25.8 Å². The first-order chi connectivity index (χ1) is 8.50. The van der Waals surface area contributed by atoms with Gasteiger partial charge >= 0.3 is 0 Å². The number of aryl methyl sites for hydroxylation is 1. The van der Waals surface area contributed by atoms with E-state index in [1.54, 1.807) is 0 Å². The lowest BCUT2D eigenvalue weighted by Crippen LogP contribution is -2.31. The Hall–Kier alpha value is -1.22. The molecule has 0 aliphatic rings. The summed E-state index contributed by atoms with van der Waals surface area (Å²) in [6.45, 7) is 7.21. The van der Waals surface area contributed by atoms with E-state index in [-0.39, 0.29) is 12.5 Å². The van der Waals surface area contributed by atoms with Gasteiger partial charge in [-0.25, -0.2) is 0 Å². The number of nitrogens with one attached hydrogen (secondary N) is 2. The van der Waals surface area contributed by atoms with E-state index in [4.69, 9.17) is 11.6 Å². The highest BCUT2D eigenvalue weighted by molar-refractivity contribution is 6.33. The topological polar surface area (TPSA) is 41.1 Å². The van der Waals surface area contributed by atoms with E-state index < -0.39 is 0 Å². The smallest absolute Gasteiger partial charge is 0.239 e. The number of benzene rings is 1. The van der Waals surface area contributed by atoms with Gasteiger partial charge in [0.05, 0.1) is 17.3 Å². The Morgan fingerprint density at radius 1 is 1.39 bits per heavy atom. The zero-order valence-corrected chi connectivity index (χ0v) is 12.0. The quantitative estimate of drug-likeness (QED) is 0.832. The van der Waals surface area contributed by atoms with Gasteiger partial charge in [-0.1, -0.05) is 37.6 Å². The SMILES string of the molecule is Cc1cccc(Cl)c1NCC(=O)NCCC(C)C. The molecule has 0 unspecified atom stereocenters. The number of hydrogen-bond donors (Lipinski definition) is 2. The van der Waals surface area contributed by atoms with Crippen molar-refractivity contribution in [1.29, 1.82) is 0 Å². The first-order valence-electron chi connectivity index (χ1n) is 6.26. The minimum atomic E-state index is -0.00466. The summed E-state index contributed by atoms with van der Waals surface area (Å²) in [4.78, 5) is 11.6. The largest absolute Gasteiger partial charge is 0.375 e. The highest BCUT2D eigenvalue weighted by atomic mass is 35.5. The fraction of sp³-hybridized carbons (Fsp3) is 0.500. The van der Waals surface area contributed by atoms with Crippen molar-refractivity contribution in [3.05, 3.63) is 28.8 Å². The first kappa shape index (κ1) is 14.8. The molecule has 18 heavy (non-hydrogen) atoms. The van der Waals surface area contributed by atoms with Crippen LogP contribution in [0, 0.1) is 12.8 Å². The molecule has 0 aliphatic heterocycles. The number of halogens is 1. The number of carbonyl (C=O) groups excluding carboxylic acids is 1. The van der Waals surface area contributed by atoms with E-state index >= 15 is 0 Å². The van der Waals surface area contributed by atoms with Gasteiger partial charge in [-0.15, -0.1) is 0 Å². The average Bonchev–Trinajstić information content (AvgIpc) is 2.27. The fourth-order valence-corrected chi connectivity index (χ4v) is 1.88. The molecule has 0 fully saturated rings. The molecule has 0 spiro atoms. The van der Waals surface area contributed by atoms with Crippen LogP contribution < -0.4 is 10.6 Å². The standard InChI is InChI=1S/C14H21ClN2O/c1-10(2)7-8-16-13(18)9-17-14-11(3)5-4-6-12(14)15/h4-6,10,17H,7-9H2,1-3H3,(H,16,18). The summed E-state index contributed by atoms with van der Waals surface area (Å²) in [5, 5.41) is 6.60. The lowest BCUT2D eigenvalue weighted by Gasteiger charge is -2.12. The Labute approximate surface area is 114 Å². The molecule has 4 heteroatoms. The fourth-order valence-electron chi connectivity index (χ4n) is 1.59. The van der Waals surface area contributed by atoms with Crippen molar-refractivity contribution < 1.29 is 4.79 Å². The van der Waals surface area contributed by atoms with Crippen LogP contribution in [0.3, 0.4) is 0 Å². The molecule has 0 heterocycles. The number of anilines is 1. The molecule has 1 aromatic rings. The van der Waals surface area contributed by atoms with Crippen LogP contribution in [-0.4, -0.2) is 19.0 Å². The minimum absolute atomic E-state index is 0.00466. The number of amides is 1. The van der Waals surface area contributed by atoms with Gasteiger partial charge < -0.3 is 10.6 Å². The second kappa shape index (κ2) is 7.27. The summed E-state index contributed by atoms with van der Waals surface area (Å²) < 4.78 is 0. The molecule has 2 N–H and O–H groups in total. The number of hydrogen-bond acceptors (Lipinski definition) is 2. The molecule has 0 atom stereocenters. The van der Waals surface area contributed by atoms with E-state index in [0.29, 0.717) is 10.9 Å². The van der Waals surface area contributed by atoms with Crippen molar-refractivity contribution in [3.8, 4) is 0 Å². The summed E-state index contributed by atoms with van der Waals surface area (Å²) in [7, 11) is 0. The van der Waals surface area contributed by atoms with E-state index in [1.165, 1.54) is 0 Å². The van der Waals surface area contributed by atoms with Crippen LogP contribution >= 0.6 is 11.6 Å². The maximum absolute atomic E-state index is 11.6. The van der Waals surface area contributed by atoms with Gasteiger partial charge in [0, 0.05) is 6.54 Å². The van der Waals surface area contributed by atoms with Crippen molar-refractivity contribution >= 4 is 23.2 Å². The first-order valence-corrected chi connectivity index (χ1v) is 6.64. The summed E-state index contributed by atoms with van der Waals surface area (Å²) in [5.74, 6) is 0.596. The molecule has 0 aromatic heterocycles. The van der Waals surface area contributed by atoms with Gasteiger partial charge in [0.25, 0.3) is 0 Å². The van der Waals surface area contributed by atoms with Crippen LogP contribution in [0.15, 0.2) is 18.2 Å². The second-order valence-corrected chi connectivity index (χ2v) is 5.22. The van der Waals surface area contributed by atoms with Gasteiger partial charge in [-0.05, 0) is 30.9 Å². The van der Waals surface area contributed by atoms with E-state index in [9.17, 15) is 4.79 Å². The van der Waals surface area contributed by atoms with Crippen LogP contribution in [0.25, 0.3) is 0 Å². The lowest BCUT2D eigenvalue weighted by molar-refractivity contribution is -0.119. The van der Waals surface area contributed by atoms with E-state index in [0.717, 1.165) is 24.2 Å². The molecule has 0 saturated carbocycles. The molecule has 3 nitrogen and oxygen atoms in total. The Kier molecular flexibility index (Phi) is 5.99. The van der Waals surface area contributed by atoms with Crippen molar-refractivity contribution in [3.63, 3.8) is 0 Å². The Morgan fingerprint density at radius 3 is 2.72 bits per heavy atom. The molecule has 100 valence electrons. The third-order valence-corrected chi connectivity index (χ3v) is 3.01. The molecule has 1 amide bonds. The van der Waals surface area contributed by atoms with Crippen LogP contribution in [0.5, 0.6) is 0 Å². The van der Waals surface area contributed by atoms with Gasteiger partial charge in [-0.2, -0.15) is 0 Å². The molecule has 0 radical (unpaired) electrons. The molecular weight excluding hydrogens is 248 g/mol. The van der Waals surface area contributed by atoms with Crippen molar-refractivity contribution in [2.75, 3.05) is 18.4 Å². The van der Waals surface area contributed by atoms with E-state index in [2.05, 4.69) is 24.5 Å². The van der Waals surface area contributed by atoms with Gasteiger partial charge in [0.15, 0.2) is 0 Å². The minimum Gasteiger partial charge on any atom is -0.375 e. The highest BCUT2D eigenvalue weighted by Crippen LogP contribution is 2.24. The summed E-state index contributed by atoms with van der Waals surface area (Å²) >= 11 is 6.06. The second-order valence-electron chi connectivity index (χ2n) is 4.82. The average molecular weight is 269 g/mol. The molecule has 1 rings (SSSR count). The van der Waals surface area contributed by atoms with Gasteiger partial charge in [-0.3, -0.25) is 4.79 Å². The maximum Gasteiger partial charge on any atom is 0.239 e. The van der Waals surface area contributed by atoms with Gasteiger partial charge in [0.2, 0.25) is 5.91 Å². The van der Waals surface area contributed by atoms with Crippen LogP contribution in [-0.2, 0) is 4.79 Å². The lowest BCUT2D eigenvalue weighted by atomic mass is 10.1. The normalized spacial score (nSPS) is 10.5. The number of para-hydroxylation sites is 1. The molecule has 0 aliphatic carbocycles. The predicted molar refractivity (Wildman–Crippen MR) is 77.1 cm³/mol. The molecule has 0 saturated heterocycles. The zero-order valence-electron chi connectivity index (χ0n) is 11.2. The number of rotatable bonds is 6. The zero-order chi connectivity index (χ0) is 13.5. The highest BCUT2D eigenvalue weighted by Gasteiger charge is 2.06. The van der Waals surface area contributed by atoms with Crippen molar-refractivity contribution in [2.24, 2.45) is 5.92 Å². The molecule has 1 aromatic carbocycles. The third kappa shape index (κ3) is 4.96. The summed E-state index contributed by atoms with van der Waals surface area (Å²) in [6, 6.07) is 5.67. The molecular formula is C14H21ClN2O. The van der Waals surface area contributed by atoms with E-state index in [1.807, 2.05) is 25.1 Å². The third-order valence-electron chi connectivity index (χ3n) is 2.69. The van der Waals surface area contributed by atoms with Crippen LogP contribution in [0.2, 0.25) is 5.02 Å². The Balaban J connectivity index is 2.38. The monoisotopic (exact) mass is 268 g/mol. The maximum atomic E-state index is 11.6. The van der Waals surface area contributed by atoms with Crippen LogP contribution in [0.4, 0.5) is 5.69 Å². The predicted octanol–water partition coefficient (Wildman–Crippen LogP) is 3.22. The Bertz CT molecular complexity index is 385. The molecule has 0 bridgehead atoms. The Morgan fingerprint density at radius 2 is 2.11 bits per heavy atom. The summed E-state index contributed by atoms with van der Waals surface area (Å²) in [6.07, 6.45) is 0.997. The summed E-state index contributed by atoms with van der Waals surface area (Å²) in [5.41, 5.74) is 1.87. The number of carbonyl (C=O) groups is 1.